The van der Waals surface area contributed by atoms with Crippen LogP contribution in [0.2, 0.25) is 5.02 Å². The summed E-state index contributed by atoms with van der Waals surface area (Å²) in [5.41, 5.74) is 3.76. The standard InChI is InChI=1S/C26H25ClN4O/c1-18-7-9-19(10-8-18)25(21-17-22(27)20-5-4-12-29-24(20)26(21)32)31-15-13-30(14-16-31)23-6-2-3-11-28-23/h2-12,17,25,32H,13-16H2,1H3/p+1. The first kappa shape index (κ1) is 20.7. The van der Waals surface area contributed by atoms with Gasteiger partial charge in [-0.15, -0.1) is 0 Å². The fraction of sp³-hybridized carbons (Fsp3) is 0.231. The van der Waals surface area contributed by atoms with Gasteiger partial charge in [0.25, 0.3) is 0 Å². The number of aromatic hydroxyl groups is 1. The zero-order valence-corrected chi connectivity index (χ0v) is 18.8. The molecule has 32 heavy (non-hydrogen) atoms. The lowest BCUT2D eigenvalue weighted by molar-refractivity contribution is -0.926. The lowest BCUT2D eigenvalue weighted by Crippen LogP contribution is -3.15. The number of nitrogens with zero attached hydrogens (tertiary/aromatic N) is 3. The molecule has 0 radical (unpaired) electrons. The summed E-state index contributed by atoms with van der Waals surface area (Å²) in [7, 11) is 0. The molecule has 0 bridgehead atoms. The highest BCUT2D eigenvalue weighted by molar-refractivity contribution is 6.35. The van der Waals surface area contributed by atoms with Gasteiger partial charge in [0.1, 0.15) is 17.4 Å². The van der Waals surface area contributed by atoms with Gasteiger partial charge in [0, 0.05) is 23.3 Å². The third-order valence-corrected chi connectivity index (χ3v) is 6.67. The fourth-order valence-corrected chi connectivity index (χ4v) is 4.94. The Bertz CT molecular complexity index is 1220. The minimum Gasteiger partial charge on any atom is -0.505 e. The second-order valence-electron chi connectivity index (χ2n) is 8.37. The van der Waals surface area contributed by atoms with E-state index in [1.165, 1.54) is 16.0 Å². The number of anilines is 1. The van der Waals surface area contributed by atoms with Crippen LogP contribution in [0.1, 0.15) is 22.7 Å². The number of pyridine rings is 2. The summed E-state index contributed by atoms with van der Waals surface area (Å²) in [6, 6.07) is 20.2. The summed E-state index contributed by atoms with van der Waals surface area (Å²) < 4.78 is 0. The zero-order chi connectivity index (χ0) is 22.1. The Kier molecular flexibility index (Phi) is 5.68. The third-order valence-electron chi connectivity index (χ3n) is 6.35. The van der Waals surface area contributed by atoms with Crippen molar-refractivity contribution in [2.75, 3.05) is 31.1 Å². The van der Waals surface area contributed by atoms with Gasteiger partial charge in [-0.25, -0.2) is 4.98 Å². The number of quaternary nitrogens is 1. The maximum atomic E-state index is 11.3. The van der Waals surface area contributed by atoms with Gasteiger partial charge in [-0.05, 0) is 37.3 Å². The Morgan fingerprint density at radius 1 is 0.969 bits per heavy atom. The van der Waals surface area contributed by atoms with E-state index in [-0.39, 0.29) is 11.8 Å². The van der Waals surface area contributed by atoms with Gasteiger partial charge in [-0.1, -0.05) is 47.5 Å². The van der Waals surface area contributed by atoms with Gasteiger partial charge in [0.05, 0.1) is 36.8 Å². The highest BCUT2D eigenvalue weighted by atomic mass is 35.5. The molecule has 0 saturated carbocycles. The number of fused-ring (bicyclic) bond motifs is 1. The Labute approximate surface area is 192 Å². The normalized spacial score (nSPS) is 15.8. The molecule has 1 saturated heterocycles. The molecule has 0 aliphatic carbocycles. The average Bonchev–Trinajstić information content (AvgIpc) is 2.84. The molecular weight excluding hydrogens is 420 g/mol. The molecule has 1 fully saturated rings. The van der Waals surface area contributed by atoms with E-state index in [4.69, 9.17) is 11.6 Å². The number of phenolic OH excluding ortho intramolecular Hbond substituents is 1. The third kappa shape index (κ3) is 3.90. The van der Waals surface area contributed by atoms with Crippen LogP contribution in [-0.4, -0.2) is 41.3 Å². The van der Waals surface area contributed by atoms with Crippen LogP contribution in [0.5, 0.6) is 5.75 Å². The number of aromatic nitrogens is 2. The van der Waals surface area contributed by atoms with Crippen LogP contribution in [0.3, 0.4) is 0 Å². The number of hydrogen-bond donors (Lipinski definition) is 2. The van der Waals surface area contributed by atoms with Gasteiger partial charge in [-0.2, -0.15) is 0 Å². The van der Waals surface area contributed by atoms with E-state index >= 15 is 0 Å². The smallest absolute Gasteiger partial charge is 0.151 e. The summed E-state index contributed by atoms with van der Waals surface area (Å²) in [6.07, 6.45) is 3.54. The number of rotatable bonds is 4. The van der Waals surface area contributed by atoms with Gasteiger partial charge in [-0.3, -0.25) is 4.98 Å². The number of halogens is 1. The Hall–Kier alpha value is -3.15. The van der Waals surface area contributed by atoms with Crippen molar-refractivity contribution in [1.82, 2.24) is 9.97 Å². The van der Waals surface area contributed by atoms with Crippen LogP contribution in [0, 0.1) is 6.92 Å². The Morgan fingerprint density at radius 2 is 1.72 bits per heavy atom. The quantitative estimate of drug-likeness (QED) is 0.502. The largest absolute Gasteiger partial charge is 0.505 e. The molecule has 0 spiro atoms. The van der Waals surface area contributed by atoms with Crippen molar-refractivity contribution in [3.05, 3.63) is 94.8 Å². The minimum absolute atomic E-state index is 0.0367. The molecule has 1 aliphatic rings. The van der Waals surface area contributed by atoms with Crippen LogP contribution in [0.4, 0.5) is 5.82 Å². The molecule has 5 rings (SSSR count). The van der Waals surface area contributed by atoms with Gasteiger partial charge in [0.15, 0.2) is 5.75 Å². The van der Waals surface area contributed by atoms with Gasteiger partial charge < -0.3 is 14.9 Å². The molecule has 0 amide bonds. The van der Waals surface area contributed by atoms with E-state index < -0.39 is 0 Å². The molecule has 6 heteroatoms. The molecule has 2 aromatic heterocycles. The molecule has 5 nitrogen and oxygen atoms in total. The zero-order valence-electron chi connectivity index (χ0n) is 18.0. The Morgan fingerprint density at radius 3 is 2.44 bits per heavy atom. The molecule has 1 atom stereocenters. The van der Waals surface area contributed by atoms with Crippen molar-refractivity contribution in [1.29, 1.82) is 0 Å². The molecule has 4 aromatic rings. The van der Waals surface area contributed by atoms with E-state index in [2.05, 4.69) is 52.1 Å². The van der Waals surface area contributed by atoms with Gasteiger partial charge in [0.2, 0.25) is 0 Å². The maximum Gasteiger partial charge on any atom is 0.151 e. The van der Waals surface area contributed by atoms with Crippen molar-refractivity contribution >= 4 is 28.3 Å². The lowest BCUT2D eigenvalue weighted by Gasteiger charge is -2.37. The summed E-state index contributed by atoms with van der Waals surface area (Å²) in [6.45, 7) is 5.73. The molecule has 2 N–H and O–H groups in total. The second-order valence-corrected chi connectivity index (χ2v) is 8.78. The average molecular weight is 446 g/mol. The SMILES string of the molecule is Cc1ccc(C(c2cc(Cl)c3cccnc3c2O)[NH+]2CCN(c3ccccn3)CC2)cc1. The van der Waals surface area contributed by atoms with Crippen molar-refractivity contribution in [2.24, 2.45) is 0 Å². The number of piperazine rings is 1. The number of benzene rings is 2. The second kappa shape index (κ2) is 8.77. The van der Waals surface area contributed by atoms with E-state index in [0.717, 1.165) is 42.9 Å². The minimum atomic E-state index is -0.0367. The highest BCUT2D eigenvalue weighted by Crippen LogP contribution is 2.37. The van der Waals surface area contributed by atoms with Gasteiger partial charge >= 0.3 is 0 Å². The summed E-state index contributed by atoms with van der Waals surface area (Å²) in [4.78, 5) is 12.7. The van der Waals surface area contributed by atoms with Crippen LogP contribution in [-0.2, 0) is 0 Å². The van der Waals surface area contributed by atoms with Crippen molar-refractivity contribution < 1.29 is 10.0 Å². The van der Waals surface area contributed by atoms with Crippen molar-refractivity contribution in [2.45, 2.75) is 13.0 Å². The Balaban J connectivity index is 1.54. The topological polar surface area (TPSA) is 53.7 Å². The molecule has 2 aromatic carbocycles. The molecular formula is C26H26ClN4O+. The maximum absolute atomic E-state index is 11.3. The highest BCUT2D eigenvalue weighted by Gasteiger charge is 2.33. The van der Waals surface area contributed by atoms with Crippen LogP contribution in [0.15, 0.2) is 73.1 Å². The first-order chi connectivity index (χ1) is 15.6. The number of phenols is 1. The van der Waals surface area contributed by atoms with E-state index in [1.807, 2.05) is 36.5 Å². The summed E-state index contributed by atoms with van der Waals surface area (Å²) in [5.74, 6) is 1.23. The van der Waals surface area contributed by atoms with Crippen LogP contribution in [0.25, 0.3) is 10.9 Å². The summed E-state index contributed by atoms with van der Waals surface area (Å²) >= 11 is 6.66. The molecule has 1 aliphatic heterocycles. The van der Waals surface area contributed by atoms with Crippen LogP contribution >= 0.6 is 11.6 Å². The van der Waals surface area contributed by atoms with E-state index in [9.17, 15) is 5.11 Å². The molecule has 3 heterocycles. The van der Waals surface area contributed by atoms with E-state index in [1.54, 1.807) is 6.20 Å². The monoisotopic (exact) mass is 445 g/mol. The predicted molar refractivity (Wildman–Crippen MR) is 129 cm³/mol. The first-order valence-electron chi connectivity index (χ1n) is 10.9. The van der Waals surface area contributed by atoms with Crippen LogP contribution < -0.4 is 9.80 Å². The molecule has 1 unspecified atom stereocenters. The number of aryl methyl sites for hydroxylation is 1. The molecule has 162 valence electrons. The predicted octanol–water partition coefficient (Wildman–Crippen LogP) is 3.79. The fourth-order valence-electron chi connectivity index (χ4n) is 4.67. The summed E-state index contributed by atoms with van der Waals surface area (Å²) in [5, 5.41) is 12.7. The first-order valence-corrected chi connectivity index (χ1v) is 11.3. The number of hydrogen-bond acceptors (Lipinski definition) is 4. The lowest BCUT2D eigenvalue weighted by atomic mass is 9.93. The number of nitrogens with one attached hydrogen (secondary N) is 1. The van der Waals surface area contributed by atoms with Crippen molar-refractivity contribution in [3.63, 3.8) is 0 Å². The van der Waals surface area contributed by atoms with Crippen molar-refractivity contribution in [3.8, 4) is 5.75 Å². The van der Waals surface area contributed by atoms with E-state index in [0.29, 0.717) is 10.5 Å².